The molecular formula is C13H24N2O3. The second kappa shape index (κ2) is 6.38. The smallest absolute Gasteiger partial charge is 0.315 e. The highest BCUT2D eigenvalue weighted by atomic mass is 16.6. The third-order valence-electron chi connectivity index (χ3n) is 3.71. The third-order valence-corrected chi connectivity index (χ3v) is 3.71. The molecule has 104 valence electrons. The summed E-state index contributed by atoms with van der Waals surface area (Å²) in [4.78, 5) is 11.7. The Bertz CT molecular complexity index is 277. The van der Waals surface area contributed by atoms with Crippen LogP contribution in [0.15, 0.2) is 0 Å². The molecule has 0 unspecified atom stereocenters. The van der Waals surface area contributed by atoms with Crippen molar-refractivity contribution in [2.24, 2.45) is 0 Å². The Balaban J connectivity index is 1.73. The van der Waals surface area contributed by atoms with Gasteiger partial charge in [-0.25, -0.2) is 4.79 Å². The summed E-state index contributed by atoms with van der Waals surface area (Å²) in [6.45, 7) is 5.02. The average molecular weight is 256 g/mol. The van der Waals surface area contributed by atoms with Crippen molar-refractivity contribution in [2.45, 2.75) is 50.7 Å². The predicted octanol–water partition coefficient (Wildman–Crippen LogP) is 1.42. The molecule has 2 aliphatic rings. The maximum Gasteiger partial charge on any atom is 0.315 e. The molecule has 2 atom stereocenters. The lowest BCUT2D eigenvalue weighted by atomic mass is 9.90. The van der Waals surface area contributed by atoms with Gasteiger partial charge in [0.05, 0.1) is 12.2 Å². The van der Waals surface area contributed by atoms with Crippen molar-refractivity contribution in [1.29, 1.82) is 0 Å². The van der Waals surface area contributed by atoms with Crippen LogP contribution in [0, 0.1) is 0 Å². The number of hydrogen-bond donors (Lipinski definition) is 2. The van der Waals surface area contributed by atoms with E-state index in [1.165, 1.54) is 0 Å². The van der Waals surface area contributed by atoms with Crippen molar-refractivity contribution in [3.05, 3.63) is 0 Å². The van der Waals surface area contributed by atoms with Gasteiger partial charge in [0.2, 0.25) is 0 Å². The van der Waals surface area contributed by atoms with Gasteiger partial charge in [-0.2, -0.15) is 0 Å². The van der Waals surface area contributed by atoms with E-state index < -0.39 is 0 Å². The van der Waals surface area contributed by atoms with E-state index in [4.69, 9.17) is 9.47 Å². The quantitative estimate of drug-likeness (QED) is 0.748. The second-order valence-electron chi connectivity index (χ2n) is 5.28. The molecule has 2 amide bonds. The molecule has 2 fully saturated rings. The van der Waals surface area contributed by atoms with Crippen molar-refractivity contribution >= 4 is 6.03 Å². The molecule has 0 saturated carbocycles. The molecule has 0 bridgehead atoms. The first-order chi connectivity index (χ1) is 8.74. The van der Waals surface area contributed by atoms with Crippen molar-refractivity contribution < 1.29 is 14.3 Å². The van der Waals surface area contributed by atoms with Gasteiger partial charge in [-0.1, -0.05) is 13.3 Å². The van der Waals surface area contributed by atoms with E-state index in [0.717, 1.165) is 45.3 Å². The zero-order valence-corrected chi connectivity index (χ0v) is 11.2. The van der Waals surface area contributed by atoms with Gasteiger partial charge in [-0.05, 0) is 19.3 Å². The van der Waals surface area contributed by atoms with E-state index in [-0.39, 0.29) is 17.7 Å². The number of carbonyl (C=O) groups excluding carboxylic acids is 1. The number of carbonyl (C=O) groups is 1. The van der Waals surface area contributed by atoms with E-state index in [1.54, 1.807) is 0 Å². The summed E-state index contributed by atoms with van der Waals surface area (Å²) in [5.41, 5.74) is -0.139. The molecule has 2 saturated heterocycles. The van der Waals surface area contributed by atoms with Crippen LogP contribution in [0.3, 0.4) is 0 Å². The minimum Gasteiger partial charge on any atom is -0.378 e. The summed E-state index contributed by atoms with van der Waals surface area (Å²) in [5, 5.41) is 5.93. The van der Waals surface area contributed by atoms with Crippen LogP contribution in [0.1, 0.15) is 39.0 Å². The minimum atomic E-state index is -0.139. The fraction of sp³-hybridized carbons (Fsp3) is 0.923. The molecule has 0 aromatic heterocycles. The van der Waals surface area contributed by atoms with Gasteiger partial charge in [-0.3, -0.25) is 0 Å². The van der Waals surface area contributed by atoms with Crippen molar-refractivity contribution in [3.8, 4) is 0 Å². The van der Waals surface area contributed by atoms with Gasteiger partial charge in [0.1, 0.15) is 0 Å². The fourth-order valence-corrected chi connectivity index (χ4v) is 2.63. The Morgan fingerprint density at radius 2 is 2.33 bits per heavy atom. The lowest BCUT2D eigenvalue weighted by molar-refractivity contribution is -0.0878. The number of rotatable bonds is 4. The highest BCUT2D eigenvalue weighted by Gasteiger charge is 2.41. The Hall–Kier alpha value is -0.810. The molecule has 2 rings (SSSR count). The maximum atomic E-state index is 11.7. The number of hydrogen-bond acceptors (Lipinski definition) is 3. The molecule has 5 nitrogen and oxygen atoms in total. The zero-order valence-electron chi connectivity index (χ0n) is 11.2. The van der Waals surface area contributed by atoms with E-state index in [9.17, 15) is 4.79 Å². The molecule has 2 aliphatic heterocycles. The monoisotopic (exact) mass is 256 g/mol. The van der Waals surface area contributed by atoms with Crippen molar-refractivity contribution in [2.75, 3.05) is 26.4 Å². The van der Waals surface area contributed by atoms with E-state index in [0.29, 0.717) is 13.2 Å². The minimum absolute atomic E-state index is 0.0515. The van der Waals surface area contributed by atoms with Crippen LogP contribution in [0.4, 0.5) is 4.79 Å². The van der Waals surface area contributed by atoms with Gasteiger partial charge in [0, 0.05) is 32.2 Å². The second-order valence-corrected chi connectivity index (χ2v) is 5.28. The Labute approximate surface area is 109 Å². The first-order valence-electron chi connectivity index (χ1n) is 7.00. The standard InChI is InChI=1S/C13H24N2O3/c1-2-3-6-14-12(16)15-11-4-7-18-13(9-11)5-8-17-10-13/h11H,2-10H2,1H3,(H2,14,15,16)/t11-,13+/m1/s1. The Kier molecular flexibility index (Phi) is 4.83. The molecule has 18 heavy (non-hydrogen) atoms. The topological polar surface area (TPSA) is 59.6 Å². The number of amides is 2. The number of urea groups is 1. The van der Waals surface area contributed by atoms with Crippen LogP contribution >= 0.6 is 0 Å². The van der Waals surface area contributed by atoms with Crippen LogP contribution in [-0.2, 0) is 9.47 Å². The van der Waals surface area contributed by atoms with Gasteiger partial charge in [0.25, 0.3) is 0 Å². The zero-order chi connectivity index (χ0) is 12.8. The summed E-state index contributed by atoms with van der Waals surface area (Å²) in [7, 11) is 0. The molecular weight excluding hydrogens is 232 g/mol. The number of unbranched alkanes of at least 4 members (excludes halogenated alkanes) is 1. The van der Waals surface area contributed by atoms with Crippen LogP contribution in [0.2, 0.25) is 0 Å². The van der Waals surface area contributed by atoms with Gasteiger partial charge < -0.3 is 20.1 Å². The first kappa shape index (κ1) is 13.6. The summed E-state index contributed by atoms with van der Waals surface area (Å²) in [5.74, 6) is 0. The Morgan fingerprint density at radius 1 is 1.44 bits per heavy atom. The highest BCUT2D eigenvalue weighted by molar-refractivity contribution is 5.74. The van der Waals surface area contributed by atoms with Crippen LogP contribution in [0.5, 0.6) is 0 Å². The molecule has 2 heterocycles. The molecule has 1 spiro atoms. The first-order valence-corrected chi connectivity index (χ1v) is 7.00. The van der Waals surface area contributed by atoms with Crippen LogP contribution in [0.25, 0.3) is 0 Å². The normalized spacial score (nSPS) is 31.5. The summed E-state index contributed by atoms with van der Waals surface area (Å²) >= 11 is 0. The van der Waals surface area contributed by atoms with E-state index in [1.807, 2.05) is 0 Å². The summed E-state index contributed by atoms with van der Waals surface area (Å²) < 4.78 is 11.3. The van der Waals surface area contributed by atoms with Crippen LogP contribution in [-0.4, -0.2) is 44.0 Å². The molecule has 5 heteroatoms. The van der Waals surface area contributed by atoms with Gasteiger partial charge in [-0.15, -0.1) is 0 Å². The summed E-state index contributed by atoms with van der Waals surface area (Å²) in [6.07, 6.45) is 4.83. The molecule has 0 aromatic carbocycles. The average Bonchev–Trinajstić information content (AvgIpc) is 2.77. The highest BCUT2D eigenvalue weighted by Crippen LogP contribution is 2.32. The predicted molar refractivity (Wildman–Crippen MR) is 68.6 cm³/mol. The molecule has 0 aliphatic carbocycles. The van der Waals surface area contributed by atoms with Crippen molar-refractivity contribution in [3.63, 3.8) is 0 Å². The fourth-order valence-electron chi connectivity index (χ4n) is 2.63. The number of ether oxygens (including phenoxy) is 2. The summed E-state index contributed by atoms with van der Waals surface area (Å²) in [6, 6.07) is 0.159. The largest absolute Gasteiger partial charge is 0.378 e. The number of nitrogens with one attached hydrogen (secondary N) is 2. The van der Waals surface area contributed by atoms with Gasteiger partial charge in [0.15, 0.2) is 0 Å². The van der Waals surface area contributed by atoms with Gasteiger partial charge >= 0.3 is 6.03 Å². The maximum absolute atomic E-state index is 11.7. The van der Waals surface area contributed by atoms with E-state index >= 15 is 0 Å². The third kappa shape index (κ3) is 3.59. The molecule has 2 N–H and O–H groups in total. The lowest BCUT2D eigenvalue weighted by Crippen LogP contribution is -2.51. The lowest BCUT2D eigenvalue weighted by Gasteiger charge is -2.37. The Morgan fingerprint density at radius 3 is 3.06 bits per heavy atom. The van der Waals surface area contributed by atoms with Crippen molar-refractivity contribution in [1.82, 2.24) is 10.6 Å². The SMILES string of the molecule is CCCCNC(=O)N[C@@H]1CCO[C@@]2(CCOC2)C1. The van der Waals surface area contributed by atoms with E-state index in [2.05, 4.69) is 17.6 Å². The molecule has 0 aromatic rings. The van der Waals surface area contributed by atoms with Crippen LogP contribution < -0.4 is 10.6 Å². The molecule has 0 radical (unpaired) electrons.